The van der Waals surface area contributed by atoms with Crippen molar-refractivity contribution in [1.29, 1.82) is 0 Å². The summed E-state index contributed by atoms with van der Waals surface area (Å²) in [5, 5.41) is 3.45. The van der Waals surface area contributed by atoms with E-state index in [9.17, 15) is 4.39 Å². The Morgan fingerprint density at radius 1 is 1.53 bits per heavy atom. The molecular formula is C13H17FN2O. The fourth-order valence-electron chi connectivity index (χ4n) is 3.04. The van der Waals surface area contributed by atoms with Crippen molar-refractivity contribution in [1.82, 2.24) is 5.32 Å². The van der Waals surface area contributed by atoms with Gasteiger partial charge in [0.1, 0.15) is 11.6 Å². The Morgan fingerprint density at radius 2 is 2.35 bits per heavy atom. The molecule has 2 fully saturated rings. The van der Waals surface area contributed by atoms with E-state index in [0.717, 1.165) is 24.3 Å². The highest BCUT2D eigenvalue weighted by Crippen LogP contribution is 2.45. The molecule has 1 saturated heterocycles. The molecule has 0 amide bonds. The van der Waals surface area contributed by atoms with Crippen molar-refractivity contribution in [3.63, 3.8) is 0 Å². The molecule has 0 spiro atoms. The zero-order valence-corrected chi connectivity index (χ0v) is 9.82. The zero-order chi connectivity index (χ0) is 12.0. The van der Waals surface area contributed by atoms with Crippen LogP contribution >= 0.6 is 0 Å². The topological polar surface area (TPSA) is 47.3 Å². The maximum absolute atomic E-state index is 13.2. The SMILES string of the molecule is COc1ccc(F)cc1CC1NCC2C(N)C12. The van der Waals surface area contributed by atoms with Crippen LogP contribution in [0, 0.1) is 17.7 Å². The average molecular weight is 236 g/mol. The number of rotatable bonds is 3. The van der Waals surface area contributed by atoms with Gasteiger partial charge in [-0.3, -0.25) is 0 Å². The summed E-state index contributed by atoms with van der Waals surface area (Å²) >= 11 is 0. The third-order valence-corrected chi connectivity index (χ3v) is 4.05. The minimum atomic E-state index is -0.213. The standard InChI is InChI=1S/C13H17FN2O/c1-17-11-3-2-8(14)4-7(11)5-10-12-9(6-16-10)13(12)15/h2-4,9-10,12-13,16H,5-6,15H2,1H3. The van der Waals surface area contributed by atoms with Crippen LogP contribution in [0.25, 0.3) is 0 Å². The summed E-state index contributed by atoms with van der Waals surface area (Å²) in [4.78, 5) is 0. The normalized spacial score (nSPS) is 34.5. The lowest BCUT2D eigenvalue weighted by Crippen LogP contribution is -2.33. The second-order valence-corrected chi connectivity index (χ2v) is 4.99. The number of piperidine rings is 1. The largest absolute Gasteiger partial charge is 0.496 e. The molecule has 1 saturated carbocycles. The van der Waals surface area contributed by atoms with E-state index in [4.69, 9.17) is 10.5 Å². The van der Waals surface area contributed by atoms with Gasteiger partial charge in [0.05, 0.1) is 7.11 Å². The molecule has 4 atom stereocenters. The molecule has 1 aliphatic heterocycles. The van der Waals surface area contributed by atoms with E-state index in [-0.39, 0.29) is 5.82 Å². The lowest BCUT2D eigenvalue weighted by molar-refractivity contribution is 0.402. The van der Waals surface area contributed by atoms with E-state index < -0.39 is 0 Å². The average Bonchev–Trinajstić information content (AvgIpc) is 2.76. The summed E-state index contributed by atoms with van der Waals surface area (Å²) in [5.74, 6) is 1.73. The van der Waals surface area contributed by atoms with Crippen molar-refractivity contribution in [3.8, 4) is 5.75 Å². The highest BCUT2D eigenvalue weighted by molar-refractivity contribution is 5.35. The Balaban J connectivity index is 1.78. The van der Waals surface area contributed by atoms with E-state index in [2.05, 4.69) is 5.32 Å². The number of hydrogen-bond acceptors (Lipinski definition) is 3. The molecule has 0 radical (unpaired) electrons. The van der Waals surface area contributed by atoms with Gasteiger partial charge in [-0.15, -0.1) is 0 Å². The zero-order valence-electron chi connectivity index (χ0n) is 9.82. The predicted octanol–water partition coefficient (Wildman–Crippen LogP) is 0.922. The monoisotopic (exact) mass is 236 g/mol. The van der Waals surface area contributed by atoms with Crippen LogP contribution in [0.2, 0.25) is 0 Å². The van der Waals surface area contributed by atoms with Gasteiger partial charge in [-0.05, 0) is 42.0 Å². The van der Waals surface area contributed by atoms with Crippen molar-refractivity contribution in [3.05, 3.63) is 29.6 Å². The number of methoxy groups -OCH3 is 1. The maximum Gasteiger partial charge on any atom is 0.123 e. The number of nitrogens with two attached hydrogens (primary N) is 1. The first-order valence-electron chi connectivity index (χ1n) is 6.02. The summed E-state index contributed by atoms with van der Waals surface area (Å²) in [6.07, 6.45) is 0.787. The number of halogens is 1. The highest BCUT2D eigenvalue weighted by Gasteiger charge is 2.55. The summed E-state index contributed by atoms with van der Waals surface area (Å²) in [6, 6.07) is 5.37. The summed E-state index contributed by atoms with van der Waals surface area (Å²) in [5.41, 5.74) is 6.89. The summed E-state index contributed by atoms with van der Waals surface area (Å²) in [6.45, 7) is 0.994. The molecular weight excluding hydrogens is 219 g/mol. The predicted molar refractivity (Wildman–Crippen MR) is 63.4 cm³/mol. The number of fused-ring (bicyclic) bond motifs is 1. The molecule has 1 aromatic carbocycles. The van der Waals surface area contributed by atoms with E-state index in [1.54, 1.807) is 19.2 Å². The van der Waals surface area contributed by atoms with Gasteiger partial charge in [-0.25, -0.2) is 4.39 Å². The molecule has 2 aliphatic rings. The van der Waals surface area contributed by atoms with Crippen LogP contribution in [-0.4, -0.2) is 25.7 Å². The van der Waals surface area contributed by atoms with Crippen molar-refractivity contribution in [2.45, 2.75) is 18.5 Å². The molecule has 3 rings (SSSR count). The van der Waals surface area contributed by atoms with E-state index in [0.29, 0.717) is 23.9 Å². The van der Waals surface area contributed by atoms with Gasteiger partial charge in [0.15, 0.2) is 0 Å². The number of ether oxygens (including phenoxy) is 1. The third-order valence-electron chi connectivity index (χ3n) is 4.05. The first kappa shape index (κ1) is 11.0. The van der Waals surface area contributed by atoms with Gasteiger partial charge in [0, 0.05) is 18.6 Å². The molecule has 17 heavy (non-hydrogen) atoms. The molecule has 1 aromatic rings. The van der Waals surface area contributed by atoms with Gasteiger partial charge < -0.3 is 15.8 Å². The minimum absolute atomic E-state index is 0.213. The van der Waals surface area contributed by atoms with Crippen LogP contribution in [0.4, 0.5) is 4.39 Å². The van der Waals surface area contributed by atoms with Gasteiger partial charge in [0.2, 0.25) is 0 Å². The first-order chi connectivity index (χ1) is 8.20. The first-order valence-corrected chi connectivity index (χ1v) is 6.02. The van der Waals surface area contributed by atoms with Crippen molar-refractivity contribution >= 4 is 0 Å². The Bertz CT molecular complexity index is 437. The van der Waals surface area contributed by atoms with Crippen LogP contribution in [0.3, 0.4) is 0 Å². The molecule has 4 unspecified atom stereocenters. The van der Waals surface area contributed by atoms with Crippen LogP contribution in [-0.2, 0) is 6.42 Å². The molecule has 1 aliphatic carbocycles. The lowest BCUT2D eigenvalue weighted by atomic mass is 10.0. The van der Waals surface area contributed by atoms with Crippen LogP contribution in [0.15, 0.2) is 18.2 Å². The molecule has 0 bridgehead atoms. The Morgan fingerprint density at radius 3 is 3.00 bits per heavy atom. The fourth-order valence-corrected chi connectivity index (χ4v) is 3.04. The lowest BCUT2D eigenvalue weighted by Gasteiger charge is -2.16. The molecule has 1 heterocycles. The third kappa shape index (κ3) is 1.81. The summed E-state index contributed by atoms with van der Waals surface area (Å²) in [7, 11) is 1.62. The molecule has 3 N–H and O–H groups in total. The van der Waals surface area contributed by atoms with Gasteiger partial charge in [-0.1, -0.05) is 0 Å². The van der Waals surface area contributed by atoms with E-state index in [1.165, 1.54) is 6.07 Å². The molecule has 3 nitrogen and oxygen atoms in total. The second-order valence-electron chi connectivity index (χ2n) is 4.99. The van der Waals surface area contributed by atoms with E-state index >= 15 is 0 Å². The van der Waals surface area contributed by atoms with Crippen molar-refractivity contribution in [2.24, 2.45) is 17.6 Å². The van der Waals surface area contributed by atoms with Gasteiger partial charge in [-0.2, -0.15) is 0 Å². The van der Waals surface area contributed by atoms with E-state index in [1.807, 2.05) is 0 Å². The number of benzene rings is 1. The van der Waals surface area contributed by atoms with Gasteiger partial charge in [0.25, 0.3) is 0 Å². The second kappa shape index (κ2) is 3.96. The van der Waals surface area contributed by atoms with Crippen molar-refractivity contribution < 1.29 is 9.13 Å². The van der Waals surface area contributed by atoms with Gasteiger partial charge >= 0.3 is 0 Å². The highest BCUT2D eigenvalue weighted by atomic mass is 19.1. The summed E-state index contributed by atoms with van der Waals surface area (Å²) < 4.78 is 18.5. The Hall–Kier alpha value is -1.13. The van der Waals surface area contributed by atoms with Crippen molar-refractivity contribution in [2.75, 3.05) is 13.7 Å². The van der Waals surface area contributed by atoms with Crippen LogP contribution < -0.4 is 15.8 Å². The number of nitrogens with one attached hydrogen (secondary N) is 1. The number of hydrogen-bond donors (Lipinski definition) is 2. The van der Waals surface area contributed by atoms with Crippen LogP contribution in [0.5, 0.6) is 5.75 Å². The Labute approximate surface area is 100 Å². The quantitative estimate of drug-likeness (QED) is 0.820. The molecule has 4 heteroatoms. The molecule has 92 valence electrons. The maximum atomic E-state index is 13.2. The van der Waals surface area contributed by atoms with Crippen LogP contribution in [0.1, 0.15) is 5.56 Å². The molecule has 0 aromatic heterocycles. The Kier molecular flexibility index (Phi) is 2.56. The fraction of sp³-hybridized carbons (Fsp3) is 0.538. The smallest absolute Gasteiger partial charge is 0.123 e. The minimum Gasteiger partial charge on any atom is -0.496 e.